The number of esters is 1. The van der Waals surface area contributed by atoms with Gasteiger partial charge in [0.2, 0.25) is 0 Å². The molecule has 2 N–H and O–H groups in total. The summed E-state index contributed by atoms with van der Waals surface area (Å²) in [5, 5.41) is 16.0. The maximum atomic E-state index is 10.2. The number of hydrogen-bond donors (Lipinski definition) is 2. The van der Waals surface area contributed by atoms with E-state index in [4.69, 9.17) is 16.6 Å². The van der Waals surface area contributed by atoms with Crippen LogP contribution in [0.2, 0.25) is 0 Å². The molecule has 0 bridgehead atoms. The maximum Gasteiger partial charge on any atom is 0.384 e. The van der Waals surface area contributed by atoms with Crippen LogP contribution in [0.3, 0.4) is 0 Å². The summed E-state index contributed by atoms with van der Waals surface area (Å²) >= 11 is 0. The molecule has 1 unspecified atom stereocenters. The first-order chi connectivity index (χ1) is 6.58. The number of carbonyl (C=O) groups excluding carboxylic acids is 1. The molecule has 0 radical (unpaired) electrons. The number of unbranched alkanes of at least 4 members (excludes halogenated alkanes) is 1. The predicted octanol–water partition coefficient (Wildman–Crippen LogP) is 0.322. The lowest BCUT2D eigenvalue weighted by Crippen LogP contribution is -2.03. The zero-order valence-corrected chi connectivity index (χ0v) is 8.69. The molecule has 0 aliphatic heterocycles. The third-order valence-corrected chi connectivity index (χ3v) is 1.11. The van der Waals surface area contributed by atoms with Gasteiger partial charge >= 0.3 is 5.97 Å². The quantitative estimate of drug-likeness (QED) is 0.298. The Kier molecular flexibility index (Phi) is 13.2. The Morgan fingerprint density at radius 3 is 2.43 bits per heavy atom. The normalized spacial score (nSPS) is 10.5. The second-order valence-electron chi connectivity index (χ2n) is 2.67. The molecular weight excluding hydrogens is 184 g/mol. The lowest BCUT2D eigenvalue weighted by Gasteiger charge is -1.95. The summed E-state index contributed by atoms with van der Waals surface area (Å²) in [6.45, 7) is 3.85. The molecule has 14 heavy (non-hydrogen) atoms. The molecule has 0 aliphatic carbocycles. The van der Waals surface area contributed by atoms with Crippen LogP contribution in [0.15, 0.2) is 0 Å². The summed E-state index contributed by atoms with van der Waals surface area (Å²) in [7, 11) is 0. The second kappa shape index (κ2) is 11.9. The molecule has 4 nitrogen and oxygen atoms in total. The number of carbonyl (C=O) groups is 1. The first kappa shape index (κ1) is 15.4. The first-order valence-electron chi connectivity index (χ1n) is 4.50. The highest BCUT2D eigenvalue weighted by molar-refractivity contribution is 5.87. The van der Waals surface area contributed by atoms with E-state index in [1.165, 1.54) is 6.92 Å². The average Bonchev–Trinajstić information content (AvgIpc) is 2.19. The highest BCUT2D eigenvalue weighted by Crippen LogP contribution is 1.86. The van der Waals surface area contributed by atoms with Crippen molar-refractivity contribution in [3.8, 4) is 12.3 Å². The molecule has 0 aromatic carbocycles. The summed E-state index contributed by atoms with van der Waals surface area (Å²) in [5.41, 5.74) is 0. The van der Waals surface area contributed by atoms with Crippen LogP contribution in [0.25, 0.3) is 0 Å². The van der Waals surface area contributed by atoms with Crippen molar-refractivity contribution in [1.29, 1.82) is 0 Å². The van der Waals surface area contributed by atoms with Gasteiger partial charge in [-0.05, 0) is 13.3 Å². The van der Waals surface area contributed by atoms with Crippen LogP contribution in [0.1, 0.15) is 26.7 Å². The van der Waals surface area contributed by atoms with Crippen LogP contribution >= 0.6 is 0 Å². The highest BCUT2D eigenvalue weighted by atomic mass is 16.5. The van der Waals surface area contributed by atoms with Crippen molar-refractivity contribution in [1.82, 2.24) is 0 Å². The summed E-state index contributed by atoms with van der Waals surface area (Å²) < 4.78 is 4.56. The molecular formula is C10H18O4. The topological polar surface area (TPSA) is 66.8 Å². The molecule has 82 valence electrons. The zero-order chi connectivity index (χ0) is 11.4. The van der Waals surface area contributed by atoms with Gasteiger partial charge in [0.25, 0.3) is 0 Å². The Hall–Kier alpha value is -1.05. The van der Waals surface area contributed by atoms with Gasteiger partial charge in [-0.15, -0.1) is 6.42 Å². The molecule has 0 aliphatic rings. The Labute approximate surface area is 84.9 Å². The van der Waals surface area contributed by atoms with Gasteiger partial charge in [-0.2, -0.15) is 0 Å². The van der Waals surface area contributed by atoms with Crippen molar-refractivity contribution in [2.24, 2.45) is 0 Å². The molecule has 0 aromatic heterocycles. The van der Waals surface area contributed by atoms with Crippen LogP contribution < -0.4 is 0 Å². The van der Waals surface area contributed by atoms with Crippen molar-refractivity contribution in [3.05, 3.63) is 0 Å². The number of terminal acetylenes is 1. The summed E-state index contributed by atoms with van der Waals surface area (Å²) in [6, 6.07) is 0. The minimum absolute atomic E-state index is 0.139. The predicted molar refractivity (Wildman–Crippen MR) is 53.5 cm³/mol. The fourth-order valence-corrected chi connectivity index (χ4v) is 0.351. The van der Waals surface area contributed by atoms with Gasteiger partial charge < -0.3 is 14.9 Å². The highest BCUT2D eigenvalue weighted by Gasteiger charge is 1.92. The van der Waals surface area contributed by atoms with E-state index in [2.05, 4.69) is 4.74 Å². The van der Waals surface area contributed by atoms with Gasteiger partial charge in [-0.25, -0.2) is 4.79 Å². The largest absolute Gasteiger partial charge is 0.456 e. The molecule has 0 fully saturated rings. The van der Waals surface area contributed by atoms with Crippen molar-refractivity contribution < 1.29 is 19.7 Å². The van der Waals surface area contributed by atoms with Crippen LogP contribution in [-0.2, 0) is 9.53 Å². The van der Waals surface area contributed by atoms with Gasteiger partial charge in [0.05, 0.1) is 19.3 Å². The van der Waals surface area contributed by atoms with Gasteiger partial charge in [0, 0.05) is 5.92 Å². The smallest absolute Gasteiger partial charge is 0.384 e. The summed E-state index contributed by atoms with van der Waals surface area (Å²) in [6.07, 6.45) is 6.06. The Morgan fingerprint density at radius 2 is 2.14 bits per heavy atom. The van der Waals surface area contributed by atoms with E-state index in [0.717, 1.165) is 12.8 Å². The second-order valence-corrected chi connectivity index (χ2v) is 2.67. The lowest BCUT2D eigenvalue weighted by atomic mass is 10.4. The zero-order valence-electron chi connectivity index (χ0n) is 8.69. The molecule has 0 heterocycles. The number of aliphatic hydroxyl groups is 2. The molecule has 0 spiro atoms. The third kappa shape index (κ3) is 17.2. The standard InChI is InChI=1S/C7H10O2.C3H8O2/c1-3-5-6-9-7(8)4-2;1-3(5)2-4/h2H,3,5-6H2,1H3;3-5H,2H2,1H3. The molecule has 1 atom stereocenters. The van der Waals surface area contributed by atoms with E-state index >= 15 is 0 Å². The van der Waals surface area contributed by atoms with E-state index in [1.807, 2.05) is 12.8 Å². The SMILES string of the molecule is C#CC(=O)OCCCC.CC(O)CO. The lowest BCUT2D eigenvalue weighted by molar-refractivity contribution is -0.136. The molecule has 4 heteroatoms. The van der Waals surface area contributed by atoms with E-state index in [0.29, 0.717) is 6.61 Å². The van der Waals surface area contributed by atoms with Crippen molar-refractivity contribution in [3.63, 3.8) is 0 Å². The van der Waals surface area contributed by atoms with Crippen LogP contribution in [0.5, 0.6) is 0 Å². The number of rotatable bonds is 4. The Balaban J connectivity index is 0. The van der Waals surface area contributed by atoms with Gasteiger partial charge in [-0.1, -0.05) is 13.3 Å². The molecule has 0 saturated heterocycles. The summed E-state index contributed by atoms with van der Waals surface area (Å²) in [5.74, 6) is 1.30. The molecule has 0 rings (SSSR count). The van der Waals surface area contributed by atoms with E-state index in [1.54, 1.807) is 0 Å². The average molecular weight is 202 g/mol. The minimum Gasteiger partial charge on any atom is -0.456 e. The Morgan fingerprint density at radius 1 is 1.64 bits per heavy atom. The Bertz CT molecular complexity index is 169. The van der Waals surface area contributed by atoms with Gasteiger partial charge in [0.1, 0.15) is 0 Å². The van der Waals surface area contributed by atoms with Crippen molar-refractivity contribution >= 4 is 5.97 Å². The maximum absolute atomic E-state index is 10.2. The molecule has 0 saturated carbocycles. The molecule has 0 amide bonds. The third-order valence-electron chi connectivity index (χ3n) is 1.11. The van der Waals surface area contributed by atoms with E-state index in [-0.39, 0.29) is 6.61 Å². The van der Waals surface area contributed by atoms with Crippen LogP contribution in [0, 0.1) is 12.3 Å². The number of ether oxygens (including phenoxy) is 1. The summed E-state index contributed by atoms with van der Waals surface area (Å²) in [4.78, 5) is 10.2. The fourth-order valence-electron chi connectivity index (χ4n) is 0.351. The molecule has 0 aromatic rings. The number of hydrogen-bond acceptors (Lipinski definition) is 4. The fraction of sp³-hybridized carbons (Fsp3) is 0.700. The van der Waals surface area contributed by atoms with E-state index < -0.39 is 12.1 Å². The van der Waals surface area contributed by atoms with Crippen LogP contribution in [0.4, 0.5) is 0 Å². The van der Waals surface area contributed by atoms with Gasteiger partial charge in [0.15, 0.2) is 0 Å². The van der Waals surface area contributed by atoms with Crippen molar-refractivity contribution in [2.75, 3.05) is 13.2 Å². The van der Waals surface area contributed by atoms with Crippen LogP contribution in [-0.4, -0.2) is 35.5 Å². The minimum atomic E-state index is -0.566. The first-order valence-corrected chi connectivity index (χ1v) is 4.50. The van der Waals surface area contributed by atoms with Crippen molar-refractivity contribution in [2.45, 2.75) is 32.8 Å². The number of aliphatic hydroxyl groups excluding tert-OH is 2. The van der Waals surface area contributed by atoms with E-state index in [9.17, 15) is 4.79 Å². The monoisotopic (exact) mass is 202 g/mol. The van der Waals surface area contributed by atoms with Gasteiger partial charge in [-0.3, -0.25) is 0 Å².